The molecule has 2 heterocycles. The van der Waals surface area contributed by atoms with Crippen molar-refractivity contribution in [1.29, 1.82) is 0 Å². The normalized spacial score (nSPS) is 16.5. The van der Waals surface area contributed by atoms with Crippen LogP contribution in [0.25, 0.3) is 17.0 Å². The summed E-state index contributed by atoms with van der Waals surface area (Å²) in [6.07, 6.45) is 2.95. The third-order valence-corrected chi connectivity index (χ3v) is 6.65. The summed E-state index contributed by atoms with van der Waals surface area (Å²) in [5, 5.41) is 7.43. The number of thioether (sulfide) groups is 1. The second-order valence-corrected chi connectivity index (χ2v) is 9.66. The number of benzene rings is 2. The van der Waals surface area contributed by atoms with Crippen molar-refractivity contribution < 1.29 is 9.32 Å². The predicted molar refractivity (Wildman–Crippen MR) is 133 cm³/mol. The molecule has 0 spiro atoms. The molecule has 3 aromatic rings. The molecule has 1 aromatic heterocycles. The van der Waals surface area contributed by atoms with Crippen LogP contribution in [0.4, 0.5) is 4.79 Å². The Morgan fingerprint density at radius 3 is 2.58 bits per heavy atom. The Bertz CT molecular complexity index is 1170. The average molecular weight is 463 g/mol. The van der Waals surface area contributed by atoms with Crippen LogP contribution in [0.2, 0.25) is 0 Å². The molecule has 2 aromatic carbocycles. The number of aryl methyl sites for hydroxylation is 1. The smallest absolute Gasteiger partial charge is 0.322 e. The van der Waals surface area contributed by atoms with E-state index in [1.165, 1.54) is 4.90 Å². The Morgan fingerprint density at radius 2 is 1.91 bits per heavy atom. The number of aromatic nitrogens is 2. The van der Waals surface area contributed by atoms with Crippen LogP contribution in [0.1, 0.15) is 50.3 Å². The van der Waals surface area contributed by atoms with Crippen LogP contribution >= 0.6 is 11.8 Å². The van der Waals surface area contributed by atoms with E-state index >= 15 is 0 Å². The summed E-state index contributed by atoms with van der Waals surface area (Å²) in [5.74, 6) is 1.45. The van der Waals surface area contributed by atoms with Crippen molar-refractivity contribution >= 4 is 23.4 Å². The second kappa shape index (κ2) is 9.83. The molecule has 33 heavy (non-hydrogen) atoms. The summed E-state index contributed by atoms with van der Waals surface area (Å²) in [6.45, 7) is 8.95. The van der Waals surface area contributed by atoms with Crippen LogP contribution in [-0.4, -0.2) is 33.9 Å². The molecule has 0 aliphatic carbocycles. The van der Waals surface area contributed by atoms with Gasteiger partial charge >= 0.3 is 6.03 Å². The SMILES string of the molecule is CSc1ccc(C2NC(=O)N(CCC(C)C)C(C)=C2c2nc(-c3cccc(C)c3)no2)cc1. The number of carbonyl (C=O) groups is 1. The van der Waals surface area contributed by atoms with Gasteiger partial charge in [-0.25, -0.2) is 4.79 Å². The standard InChI is InChI=1S/C26H30N4O2S/c1-16(2)13-14-30-18(4)22(23(27-26(30)31)19-9-11-21(33-5)12-10-19)25-28-24(29-32-25)20-8-6-7-17(3)15-20/h6-12,15-16,23H,13-14H2,1-5H3,(H,27,31). The molecule has 7 heteroatoms. The third kappa shape index (κ3) is 4.98. The summed E-state index contributed by atoms with van der Waals surface area (Å²) >= 11 is 1.69. The largest absolute Gasteiger partial charge is 0.334 e. The minimum absolute atomic E-state index is 0.103. The summed E-state index contributed by atoms with van der Waals surface area (Å²) in [4.78, 5) is 20.8. The molecule has 172 valence electrons. The Morgan fingerprint density at radius 1 is 1.15 bits per heavy atom. The van der Waals surface area contributed by atoms with Crippen molar-refractivity contribution in [3.05, 3.63) is 71.2 Å². The highest BCUT2D eigenvalue weighted by molar-refractivity contribution is 7.98. The minimum Gasteiger partial charge on any atom is -0.334 e. The molecule has 0 fully saturated rings. The first-order valence-electron chi connectivity index (χ1n) is 11.2. The zero-order valence-corrected chi connectivity index (χ0v) is 20.6. The lowest BCUT2D eigenvalue weighted by Gasteiger charge is -2.35. The number of allylic oxidation sites excluding steroid dienone is 1. The summed E-state index contributed by atoms with van der Waals surface area (Å²) in [7, 11) is 0. The van der Waals surface area contributed by atoms with Crippen molar-refractivity contribution in [3.8, 4) is 11.4 Å². The molecule has 1 aliphatic rings. The van der Waals surface area contributed by atoms with Gasteiger partial charge in [-0.1, -0.05) is 54.9 Å². The zero-order chi connectivity index (χ0) is 23.5. The number of hydrogen-bond donors (Lipinski definition) is 1. The quantitative estimate of drug-likeness (QED) is 0.417. The van der Waals surface area contributed by atoms with Crippen molar-refractivity contribution in [3.63, 3.8) is 0 Å². The van der Waals surface area contributed by atoms with Gasteiger partial charge in [-0.2, -0.15) is 4.98 Å². The van der Waals surface area contributed by atoms with Gasteiger partial charge in [-0.15, -0.1) is 11.8 Å². The highest BCUT2D eigenvalue weighted by Crippen LogP contribution is 2.38. The molecule has 1 aliphatic heterocycles. The molecule has 0 bridgehead atoms. The topological polar surface area (TPSA) is 71.3 Å². The van der Waals surface area contributed by atoms with Crippen molar-refractivity contribution in [1.82, 2.24) is 20.4 Å². The van der Waals surface area contributed by atoms with E-state index in [2.05, 4.69) is 36.5 Å². The Kier molecular flexibility index (Phi) is 6.88. The molecule has 1 unspecified atom stereocenters. The van der Waals surface area contributed by atoms with Crippen molar-refractivity contribution in [2.24, 2.45) is 5.92 Å². The Labute approximate surface area is 199 Å². The number of hydrogen-bond acceptors (Lipinski definition) is 5. The summed E-state index contributed by atoms with van der Waals surface area (Å²) in [6, 6.07) is 15.8. The van der Waals surface area contributed by atoms with Crippen molar-refractivity contribution in [2.75, 3.05) is 12.8 Å². The average Bonchev–Trinajstić information content (AvgIpc) is 3.28. The number of rotatable bonds is 7. The van der Waals surface area contributed by atoms with E-state index in [0.29, 0.717) is 24.2 Å². The molecule has 0 saturated carbocycles. The highest BCUT2D eigenvalue weighted by Gasteiger charge is 2.35. The molecular weight excluding hydrogens is 432 g/mol. The summed E-state index contributed by atoms with van der Waals surface area (Å²) < 4.78 is 5.77. The van der Waals surface area contributed by atoms with Crippen LogP contribution in [0.5, 0.6) is 0 Å². The highest BCUT2D eigenvalue weighted by atomic mass is 32.2. The second-order valence-electron chi connectivity index (χ2n) is 8.78. The lowest BCUT2D eigenvalue weighted by molar-refractivity contribution is 0.202. The zero-order valence-electron chi connectivity index (χ0n) is 19.8. The molecule has 1 N–H and O–H groups in total. The van der Waals surface area contributed by atoms with Crippen molar-refractivity contribution in [2.45, 2.75) is 45.1 Å². The van der Waals surface area contributed by atoms with E-state index in [0.717, 1.165) is 34.4 Å². The molecule has 1 atom stereocenters. The fourth-order valence-electron chi connectivity index (χ4n) is 4.00. The van der Waals surface area contributed by atoms with E-state index in [4.69, 9.17) is 9.51 Å². The van der Waals surface area contributed by atoms with Gasteiger partial charge in [0.15, 0.2) is 0 Å². The van der Waals surface area contributed by atoms with Gasteiger partial charge in [-0.05, 0) is 56.2 Å². The molecule has 0 radical (unpaired) electrons. The van der Waals surface area contributed by atoms with Gasteiger partial charge < -0.3 is 9.84 Å². The maximum absolute atomic E-state index is 13.1. The number of urea groups is 1. The monoisotopic (exact) mass is 462 g/mol. The lowest BCUT2D eigenvalue weighted by atomic mass is 9.94. The van der Waals surface area contributed by atoms with Crippen LogP contribution in [0.3, 0.4) is 0 Å². The first kappa shape index (κ1) is 23.1. The van der Waals surface area contributed by atoms with E-state index in [9.17, 15) is 4.79 Å². The predicted octanol–water partition coefficient (Wildman–Crippen LogP) is 6.31. The van der Waals surface area contributed by atoms with Crippen LogP contribution in [0, 0.1) is 12.8 Å². The van der Waals surface area contributed by atoms with Crippen LogP contribution < -0.4 is 5.32 Å². The maximum Gasteiger partial charge on any atom is 0.322 e. The first-order chi connectivity index (χ1) is 15.9. The molecule has 0 saturated heterocycles. The van der Waals surface area contributed by atoms with Gasteiger partial charge in [0.25, 0.3) is 5.89 Å². The van der Waals surface area contributed by atoms with Gasteiger partial charge in [0.05, 0.1) is 11.6 Å². The Balaban J connectivity index is 1.78. The van der Waals surface area contributed by atoms with E-state index in [1.54, 1.807) is 16.7 Å². The van der Waals surface area contributed by atoms with Gasteiger partial charge in [0.2, 0.25) is 5.82 Å². The minimum atomic E-state index is -0.366. The number of nitrogens with one attached hydrogen (secondary N) is 1. The summed E-state index contributed by atoms with van der Waals surface area (Å²) in [5.41, 5.74) is 4.69. The first-order valence-corrected chi connectivity index (χ1v) is 12.4. The van der Waals surface area contributed by atoms with E-state index < -0.39 is 0 Å². The van der Waals surface area contributed by atoms with Gasteiger partial charge in [0, 0.05) is 22.7 Å². The number of nitrogens with zero attached hydrogens (tertiary/aromatic N) is 3. The van der Waals surface area contributed by atoms with Crippen LogP contribution in [0.15, 0.2) is 63.6 Å². The van der Waals surface area contributed by atoms with E-state index in [-0.39, 0.29) is 12.1 Å². The van der Waals surface area contributed by atoms with Crippen LogP contribution in [-0.2, 0) is 0 Å². The fraction of sp³-hybridized carbons (Fsp3) is 0.346. The third-order valence-electron chi connectivity index (χ3n) is 5.91. The van der Waals surface area contributed by atoms with E-state index in [1.807, 2.05) is 56.5 Å². The molecule has 4 rings (SSSR count). The van der Waals surface area contributed by atoms with Gasteiger partial charge in [0.1, 0.15) is 0 Å². The van der Waals surface area contributed by atoms with Gasteiger partial charge in [-0.3, -0.25) is 4.90 Å². The Hall–Kier alpha value is -3.06. The molecular formula is C26H30N4O2S. The molecule has 2 amide bonds. The number of carbonyl (C=O) groups excluding carboxylic acids is 1. The number of amides is 2. The lowest BCUT2D eigenvalue weighted by Crippen LogP contribution is -2.46. The molecule has 6 nitrogen and oxygen atoms in total. The fourth-order valence-corrected chi connectivity index (χ4v) is 4.40. The maximum atomic E-state index is 13.1.